The lowest BCUT2D eigenvalue weighted by molar-refractivity contribution is 0.117. The summed E-state index contributed by atoms with van der Waals surface area (Å²) >= 11 is 0. The molecule has 1 saturated heterocycles. The van der Waals surface area contributed by atoms with Crippen LogP contribution in [0.25, 0.3) is 0 Å². The molecule has 2 fully saturated rings. The van der Waals surface area contributed by atoms with Crippen LogP contribution >= 0.6 is 0 Å². The average molecular weight is 446 g/mol. The van der Waals surface area contributed by atoms with E-state index in [2.05, 4.69) is 46.6 Å². The fourth-order valence-electron chi connectivity index (χ4n) is 5.45. The zero-order valence-electron chi connectivity index (χ0n) is 19.7. The van der Waals surface area contributed by atoms with Crippen molar-refractivity contribution in [3.63, 3.8) is 0 Å². The number of benzene rings is 2. The van der Waals surface area contributed by atoms with Gasteiger partial charge in [-0.25, -0.2) is 4.99 Å². The van der Waals surface area contributed by atoms with Crippen molar-refractivity contribution in [1.29, 1.82) is 0 Å². The molecule has 0 spiro atoms. The fraction of sp³-hybridized carbons (Fsp3) is 0.481. The first kappa shape index (κ1) is 22.1. The number of likely N-dealkylation sites (N-methyl/N-ethyl adjacent to an activating group) is 1. The maximum Gasteiger partial charge on any atom is 0.130 e. The lowest BCUT2D eigenvalue weighted by atomic mass is 9.83. The molecular formula is C27H35N5O. The van der Waals surface area contributed by atoms with Gasteiger partial charge in [0.25, 0.3) is 0 Å². The van der Waals surface area contributed by atoms with Crippen molar-refractivity contribution in [1.82, 2.24) is 10.6 Å². The van der Waals surface area contributed by atoms with Crippen LogP contribution in [0.5, 0.6) is 11.5 Å². The molecule has 2 aromatic carbocycles. The topological polar surface area (TPSA) is 61.2 Å². The Kier molecular flexibility index (Phi) is 6.47. The number of amidine groups is 1. The van der Waals surface area contributed by atoms with Gasteiger partial charge in [0, 0.05) is 19.3 Å². The van der Waals surface area contributed by atoms with Gasteiger partial charge in [-0.15, -0.1) is 0 Å². The Balaban J connectivity index is 1.31. The van der Waals surface area contributed by atoms with E-state index in [9.17, 15) is 0 Å². The number of nitrogens with one attached hydrogen (secondary N) is 2. The van der Waals surface area contributed by atoms with E-state index in [0.29, 0.717) is 5.92 Å². The number of rotatable bonds is 4. The maximum absolute atomic E-state index is 5.96. The molecular weight excluding hydrogens is 410 g/mol. The lowest BCUT2D eigenvalue weighted by Crippen LogP contribution is -2.73. The molecule has 0 radical (unpaired) electrons. The molecule has 1 saturated carbocycles. The number of aliphatic imine (C=N–C) groups is 2. The van der Waals surface area contributed by atoms with E-state index in [4.69, 9.17) is 9.73 Å². The van der Waals surface area contributed by atoms with Crippen LogP contribution < -0.4 is 20.3 Å². The maximum atomic E-state index is 5.96. The smallest absolute Gasteiger partial charge is 0.130 e. The zero-order valence-corrected chi connectivity index (χ0v) is 19.7. The molecule has 0 aromatic heterocycles. The first-order valence-corrected chi connectivity index (χ1v) is 12.3. The van der Waals surface area contributed by atoms with Crippen LogP contribution in [0.4, 0.5) is 5.69 Å². The van der Waals surface area contributed by atoms with Crippen molar-refractivity contribution >= 4 is 17.9 Å². The highest BCUT2D eigenvalue weighted by Gasteiger charge is 2.44. The molecule has 5 rings (SSSR count). The summed E-state index contributed by atoms with van der Waals surface area (Å²) in [6.07, 6.45) is 9.66. The Hall–Kier alpha value is -2.70. The normalized spacial score (nSPS) is 27.9. The van der Waals surface area contributed by atoms with Crippen LogP contribution in [0.1, 0.15) is 45.4 Å². The van der Waals surface area contributed by atoms with Gasteiger partial charge < -0.3 is 9.64 Å². The lowest BCUT2D eigenvalue weighted by Gasteiger charge is -2.49. The first-order chi connectivity index (χ1) is 16.1. The highest BCUT2D eigenvalue weighted by atomic mass is 16.5. The van der Waals surface area contributed by atoms with E-state index in [0.717, 1.165) is 29.6 Å². The molecule has 6 nitrogen and oxygen atoms in total. The van der Waals surface area contributed by atoms with Gasteiger partial charge in [0.1, 0.15) is 23.7 Å². The minimum atomic E-state index is -0.0899. The van der Waals surface area contributed by atoms with Crippen molar-refractivity contribution in [3.05, 3.63) is 54.6 Å². The number of nitrogens with zero attached hydrogens (tertiary/aromatic N) is 3. The van der Waals surface area contributed by atoms with Crippen LogP contribution in [0, 0.1) is 5.92 Å². The Morgan fingerprint density at radius 1 is 0.939 bits per heavy atom. The summed E-state index contributed by atoms with van der Waals surface area (Å²) in [6, 6.07) is 18.3. The van der Waals surface area contributed by atoms with Crippen LogP contribution in [-0.4, -0.2) is 43.5 Å². The van der Waals surface area contributed by atoms with Crippen molar-refractivity contribution in [2.24, 2.45) is 15.9 Å². The van der Waals surface area contributed by atoms with Gasteiger partial charge in [-0.2, -0.15) is 0 Å². The van der Waals surface area contributed by atoms with Crippen molar-refractivity contribution in [2.75, 3.05) is 18.5 Å². The van der Waals surface area contributed by atoms with E-state index in [1.807, 2.05) is 42.5 Å². The Morgan fingerprint density at radius 3 is 2.36 bits per heavy atom. The standard InChI is InChI=1S/C27H35N5O/c1-27(20-10-6-3-4-7-11-20)30-18-24-25(31-27)26(29-19-28-24)32(2)21-14-16-23(17-15-21)33-22-12-8-5-9-13-22/h5,8-9,12-17,19-20,24-25,30-31H,3-4,6-7,10-11,18H2,1-2H3. The summed E-state index contributed by atoms with van der Waals surface area (Å²) in [4.78, 5) is 11.6. The zero-order chi connectivity index (χ0) is 22.7. The second-order valence-electron chi connectivity index (χ2n) is 9.68. The van der Waals surface area contributed by atoms with Gasteiger partial charge in [-0.1, -0.05) is 43.9 Å². The van der Waals surface area contributed by atoms with Gasteiger partial charge in [0.05, 0.1) is 17.7 Å². The number of fused-ring (bicyclic) bond motifs is 1. The second kappa shape index (κ2) is 9.65. The number of hydrogen-bond acceptors (Lipinski definition) is 6. The SMILES string of the molecule is CN(C1=NC=NC2CNC(C)(C3CCCCCC3)NC12)c1ccc(Oc2ccccc2)cc1. The van der Waals surface area contributed by atoms with Gasteiger partial charge >= 0.3 is 0 Å². The van der Waals surface area contributed by atoms with Crippen molar-refractivity contribution in [2.45, 2.75) is 63.2 Å². The van der Waals surface area contributed by atoms with Crippen molar-refractivity contribution in [3.8, 4) is 11.5 Å². The molecule has 2 aromatic rings. The van der Waals surface area contributed by atoms with Crippen LogP contribution in [0.15, 0.2) is 64.6 Å². The molecule has 33 heavy (non-hydrogen) atoms. The highest BCUT2D eigenvalue weighted by molar-refractivity contribution is 6.06. The van der Waals surface area contributed by atoms with E-state index < -0.39 is 0 Å². The van der Waals surface area contributed by atoms with Gasteiger partial charge in [0.15, 0.2) is 0 Å². The average Bonchev–Trinajstić information content (AvgIpc) is 3.15. The quantitative estimate of drug-likeness (QED) is 0.652. The van der Waals surface area contributed by atoms with Crippen LogP contribution in [0.2, 0.25) is 0 Å². The summed E-state index contributed by atoms with van der Waals surface area (Å²) in [5, 5.41) is 7.76. The summed E-state index contributed by atoms with van der Waals surface area (Å²) in [5.41, 5.74) is 0.993. The van der Waals surface area contributed by atoms with E-state index in [1.165, 1.54) is 38.5 Å². The van der Waals surface area contributed by atoms with Crippen molar-refractivity contribution < 1.29 is 4.74 Å². The Labute approximate surface area is 197 Å². The van der Waals surface area contributed by atoms with Gasteiger partial charge in [-0.05, 0) is 62.1 Å². The molecule has 3 atom stereocenters. The minimum absolute atomic E-state index is 0.0899. The second-order valence-corrected chi connectivity index (χ2v) is 9.68. The number of para-hydroxylation sites is 1. The molecule has 0 bridgehead atoms. The van der Waals surface area contributed by atoms with Crippen LogP contribution in [-0.2, 0) is 0 Å². The summed E-state index contributed by atoms with van der Waals surface area (Å²) in [5.74, 6) is 3.32. The third-order valence-electron chi connectivity index (χ3n) is 7.46. The minimum Gasteiger partial charge on any atom is -0.457 e. The molecule has 2 aliphatic heterocycles. The van der Waals surface area contributed by atoms with Gasteiger partial charge in [-0.3, -0.25) is 15.6 Å². The molecule has 1 aliphatic carbocycles. The van der Waals surface area contributed by atoms with Crippen LogP contribution in [0.3, 0.4) is 0 Å². The number of ether oxygens (including phenoxy) is 1. The van der Waals surface area contributed by atoms with E-state index >= 15 is 0 Å². The predicted molar refractivity (Wildman–Crippen MR) is 136 cm³/mol. The first-order valence-electron chi connectivity index (χ1n) is 12.3. The Bertz CT molecular complexity index is 981. The third-order valence-corrected chi connectivity index (χ3v) is 7.46. The van der Waals surface area contributed by atoms with E-state index in [1.54, 1.807) is 6.34 Å². The summed E-state index contributed by atoms with van der Waals surface area (Å²) < 4.78 is 5.96. The monoisotopic (exact) mass is 445 g/mol. The molecule has 2 heterocycles. The fourth-order valence-corrected chi connectivity index (χ4v) is 5.45. The van der Waals surface area contributed by atoms with Gasteiger partial charge in [0.2, 0.25) is 0 Å². The number of hydrogen-bond donors (Lipinski definition) is 2. The molecule has 3 aliphatic rings. The summed E-state index contributed by atoms with van der Waals surface area (Å²) in [7, 11) is 2.09. The molecule has 0 amide bonds. The predicted octanol–water partition coefficient (Wildman–Crippen LogP) is 4.97. The Morgan fingerprint density at radius 2 is 1.64 bits per heavy atom. The molecule has 6 heteroatoms. The third kappa shape index (κ3) is 4.82. The molecule has 2 N–H and O–H groups in total. The highest BCUT2D eigenvalue weighted by Crippen LogP contribution is 2.33. The largest absolute Gasteiger partial charge is 0.457 e. The number of anilines is 1. The molecule has 174 valence electrons. The molecule has 3 unspecified atom stereocenters. The summed E-state index contributed by atoms with van der Waals surface area (Å²) in [6.45, 7) is 3.21. The van der Waals surface area contributed by atoms with E-state index in [-0.39, 0.29) is 17.7 Å².